The van der Waals surface area contributed by atoms with Crippen LogP contribution in [0.4, 0.5) is 0 Å². The monoisotopic (exact) mass is 246 g/mol. The highest BCUT2D eigenvalue weighted by Gasteiger charge is 2.22. The van der Waals surface area contributed by atoms with E-state index in [2.05, 4.69) is 14.9 Å². The molecule has 1 saturated heterocycles. The van der Waals surface area contributed by atoms with E-state index >= 15 is 0 Å². The lowest BCUT2D eigenvalue weighted by atomic mass is 10.1. The normalized spacial score (nSPS) is 20.8. The number of aliphatic hydroxyl groups excluding tert-OH is 1. The molecule has 2 aromatic rings. The summed E-state index contributed by atoms with van der Waals surface area (Å²) in [4.78, 5) is 11.1. The van der Waals surface area contributed by atoms with Crippen molar-refractivity contribution in [3.63, 3.8) is 0 Å². The molecule has 0 saturated carbocycles. The number of aromatic nitrogens is 3. The number of nitrogens with zero attached hydrogens (tertiary/aromatic N) is 4. The number of rotatable bonds is 4. The maximum atomic E-state index is 8.96. The maximum absolute atomic E-state index is 8.96. The van der Waals surface area contributed by atoms with Gasteiger partial charge in [-0.25, -0.2) is 9.97 Å². The van der Waals surface area contributed by atoms with Gasteiger partial charge >= 0.3 is 0 Å². The Labute approximate surface area is 106 Å². The summed E-state index contributed by atoms with van der Waals surface area (Å²) < 4.78 is 1.95. The molecular weight excluding hydrogens is 228 g/mol. The molecule has 96 valence electrons. The van der Waals surface area contributed by atoms with E-state index in [9.17, 15) is 0 Å². The van der Waals surface area contributed by atoms with Crippen molar-refractivity contribution >= 4 is 5.78 Å². The summed E-state index contributed by atoms with van der Waals surface area (Å²) in [6, 6.07) is 1.91. The number of likely N-dealkylation sites (tertiary alicyclic amines) is 1. The van der Waals surface area contributed by atoms with Crippen LogP contribution in [0.25, 0.3) is 5.78 Å². The lowest BCUT2D eigenvalue weighted by Crippen LogP contribution is -2.20. The highest BCUT2D eigenvalue weighted by molar-refractivity contribution is 5.29. The minimum Gasteiger partial charge on any atom is -0.396 e. The lowest BCUT2D eigenvalue weighted by Gasteiger charge is -2.13. The third-order valence-electron chi connectivity index (χ3n) is 3.58. The van der Waals surface area contributed by atoms with Gasteiger partial charge in [-0.3, -0.25) is 9.30 Å². The SMILES string of the molecule is OCCC1CCN(Cc2cn3cccnc3n2)C1. The van der Waals surface area contributed by atoms with E-state index in [1.807, 2.05) is 22.9 Å². The predicted molar refractivity (Wildman–Crippen MR) is 68.1 cm³/mol. The van der Waals surface area contributed by atoms with Crippen LogP contribution in [-0.2, 0) is 6.54 Å². The first kappa shape index (κ1) is 11.6. The van der Waals surface area contributed by atoms with Gasteiger partial charge in [0.15, 0.2) is 0 Å². The highest BCUT2D eigenvalue weighted by atomic mass is 16.3. The predicted octanol–water partition coefficient (Wildman–Crippen LogP) is 0.934. The van der Waals surface area contributed by atoms with Crippen LogP contribution >= 0.6 is 0 Å². The van der Waals surface area contributed by atoms with Gasteiger partial charge in [-0.1, -0.05) is 0 Å². The zero-order valence-electron chi connectivity index (χ0n) is 10.4. The van der Waals surface area contributed by atoms with Crippen molar-refractivity contribution in [2.24, 2.45) is 5.92 Å². The molecule has 1 aliphatic heterocycles. The van der Waals surface area contributed by atoms with Crippen molar-refractivity contribution in [1.29, 1.82) is 0 Å². The summed E-state index contributed by atoms with van der Waals surface area (Å²) in [7, 11) is 0. The molecule has 1 N–H and O–H groups in total. The molecule has 1 atom stereocenters. The minimum absolute atomic E-state index is 0.302. The van der Waals surface area contributed by atoms with Gasteiger partial charge in [-0.2, -0.15) is 0 Å². The summed E-state index contributed by atoms with van der Waals surface area (Å²) in [6.07, 6.45) is 7.88. The molecule has 2 aromatic heterocycles. The molecule has 5 heteroatoms. The molecule has 1 aliphatic rings. The lowest BCUT2D eigenvalue weighted by molar-refractivity contribution is 0.249. The Morgan fingerprint density at radius 1 is 1.44 bits per heavy atom. The minimum atomic E-state index is 0.302. The summed E-state index contributed by atoms with van der Waals surface area (Å²) in [5.41, 5.74) is 1.07. The molecule has 18 heavy (non-hydrogen) atoms. The average Bonchev–Trinajstić information content (AvgIpc) is 2.96. The smallest absolute Gasteiger partial charge is 0.233 e. The second-order valence-corrected chi connectivity index (χ2v) is 4.96. The number of imidazole rings is 1. The van der Waals surface area contributed by atoms with Crippen molar-refractivity contribution in [2.75, 3.05) is 19.7 Å². The highest BCUT2D eigenvalue weighted by Crippen LogP contribution is 2.20. The van der Waals surface area contributed by atoms with Crippen LogP contribution in [0.15, 0.2) is 24.7 Å². The molecule has 0 spiro atoms. The zero-order chi connectivity index (χ0) is 12.4. The zero-order valence-corrected chi connectivity index (χ0v) is 10.4. The van der Waals surface area contributed by atoms with E-state index in [4.69, 9.17) is 5.11 Å². The van der Waals surface area contributed by atoms with Crippen LogP contribution < -0.4 is 0 Å². The first-order valence-electron chi connectivity index (χ1n) is 6.47. The van der Waals surface area contributed by atoms with E-state index in [0.717, 1.165) is 37.5 Å². The van der Waals surface area contributed by atoms with Crippen LogP contribution in [0.5, 0.6) is 0 Å². The second kappa shape index (κ2) is 5.04. The summed E-state index contributed by atoms with van der Waals surface area (Å²) in [5.74, 6) is 1.41. The topological polar surface area (TPSA) is 53.7 Å². The van der Waals surface area contributed by atoms with Gasteiger partial charge in [-0.05, 0) is 31.4 Å². The van der Waals surface area contributed by atoms with Gasteiger partial charge in [0, 0.05) is 38.3 Å². The number of aliphatic hydroxyl groups is 1. The van der Waals surface area contributed by atoms with Crippen molar-refractivity contribution < 1.29 is 5.11 Å². The molecule has 0 amide bonds. The fourth-order valence-corrected chi connectivity index (χ4v) is 2.66. The van der Waals surface area contributed by atoms with E-state index < -0.39 is 0 Å². The van der Waals surface area contributed by atoms with Gasteiger partial charge in [0.05, 0.1) is 5.69 Å². The van der Waals surface area contributed by atoms with Gasteiger partial charge in [0.1, 0.15) is 0 Å². The molecular formula is C13H18N4O. The van der Waals surface area contributed by atoms with Crippen molar-refractivity contribution in [3.05, 3.63) is 30.4 Å². The third-order valence-corrected chi connectivity index (χ3v) is 3.58. The molecule has 0 bridgehead atoms. The van der Waals surface area contributed by atoms with Crippen molar-refractivity contribution in [1.82, 2.24) is 19.3 Å². The van der Waals surface area contributed by atoms with Crippen LogP contribution in [-0.4, -0.2) is 44.1 Å². The van der Waals surface area contributed by atoms with Crippen molar-refractivity contribution in [3.8, 4) is 0 Å². The Morgan fingerprint density at radius 3 is 3.22 bits per heavy atom. The Bertz CT molecular complexity index is 491. The Hall–Kier alpha value is -1.46. The van der Waals surface area contributed by atoms with E-state index in [1.165, 1.54) is 6.42 Å². The maximum Gasteiger partial charge on any atom is 0.233 e. The Morgan fingerprint density at radius 2 is 2.39 bits per heavy atom. The van der Waals surface area contributed by atoms with Crippen LogP contribution in [0.3, 0.4) is 0 Å². The summed E-state index contributed by atoms with van der Waals surface area (Å²) in [5, 5.41) is 8.96. The number of hydrogen-bond acceptors (Lipinski definition) is 4. The number of hydrogen-bond donors (Lipinski definition) is 1. The van der Waals surface area contributed by atoms with E-state index in [0.29, 0.717) is 12.5 Å². The summed E-state index contributed by atoms with van der Waals surface area (Å²) >= 11 is 0. The Kier molecular flexibility index (Phi) is 3.25. The van der Waals surface area contributed by atoms with Crippen LogP contribution in [0.2, 0.25) is 0 Å². The Balaban J connectivity index is 1.66. The standard InChI is InChI=1S/C13H18N4O/c18-7-3-11-2-6-16(8-11)9-12-10-17-5-1-4-14-13(17)15-12/h1,4-5,10-11,18H,2-3,6-9H2. The van der Waals surface area contributed by atoms with E-state index in [-0.39, 0.29) is 0 Å². The number of fused-ring (bicyclic) bond motifs is 1. The fourth-order valence-electron chi connectivity index (χ4n) is 2.66. The molecule has 5 nitrogen and oxygen atoms in total. The molecule has 0 aliphatic carbocycles. The second-order valence-electron chi connectivity index (χ2n) is 4.96. The third kappa shape index (κ3) is 2.37. The van der Waals surface area contributed by atoms with Gasteiger partial charge in [-0.15, -0.1) is 0 Å². The molecule has 1 fully saturated rings. The largest absolute Gasteiger partial charge is 0.396 e. The van der Waals surface area contributed by atoms with Gasteiger partial charge < -0.3 is 5.11 Å². The van der Waals surface area contributed by atoms with Gasteiger partial charge in [0.2, 0.25) is 5.78 Å². The van der Waals surface area contributed by atoms with Gasteiger partial charge in [0.25, 0.3) is 0 Å². The average molecular weight is 246 g/mol. The molecule has 0 radical (unpaired) electrons. The van der Waals surface area contributed by atoms with E-state index in [1.54, 1.807) is 6.20 Å². The first-order chi connectivity index (χ1) is 8.85. The molecule has 1 unspecified atom stereocenters. The first-order valence-corrected chi connectivity index (χ1v) is 6.47. The molecule has 3 rings (SSSR count). The quantitative estimate of drug-likeness (QED) is 0.872. The van der Waals surface area contributed by atoms with Crippen molar-refractivity contribution in [2.45, 2.75) is 19.4 Å². The summed E-state index contributed by atoms with van der Waals surface area (Å²) in [6.45, 7) is 3.36. The molecule has 0 aromatic carbocycles. The molecule has 3 heterocycles. The fraction of sp³-hybridized carbons (Fsp3) is 0.538. The van der Waals surface area contributed by atoms with Crippen LogP contribution in [0.1, 0.15) is 18.5 Å². The van der Waals surface area contributed by atoms with Crippen LogP contribution in [0, 0.1) is 5.92 Å².